The van der Waals surface area contributed by atoms with Crippen LogP contribution in [0, 0.1) is 12.7 Å². The van der Waals surface area contributed by atoms with Crippen LogP contribution in [-0.4, -0.2) is 9.55 Å². The molecule has 3 nitrogen and oxygen atoms in total. The van der Waals surface area contributed by atoms with E-state index < -0.39 is 0 Å². The zero-order chi connectivity index (χ0) is 12.7. The number of benzene rings is 2. The lowest BCUT2D eigenvalue weighted by molar-refractivity contribution is 0.627. The van der Waals surface area contributed by atoms with Crippen molar-refractivity contribution in [1.82, 2.24) is 9.55 Å². The molecule has 1 aromatic heterocycles. The van der Waals surface area contributed by atoms with E-state index in [1.807, 2.05) is 29.7 Å². The second-order valence-electron chi connectivity index (χ2n) is 4.22. The summed E-state index contributed by atoms with van der Waals surface area (Å²) >= 11 is 0. The summed E-state index contributed by atoms with van der Waals surface area (Å²) in [6, 6.07) is 12.0. The van der Waals surface area contributed by atoms with Gasteiger partial charge in [0.2, 0.25) is 0 Å². The molecule has 0 amide bonds. The van der Waals surface area contributed by atoms with Gasteiger partial charge in [0.1, 0.15) is 11.6 Å². The molecule has 0 saturated heterocycles. The Hall–Kier alpha value is -2.36. The van der Waals surface area contributed by atoms with Gasteiger partial charge < -0.3 is 5.73 Å². The third-order valence-corrected chi connectivity index (χ3v) is 2.93. The summed E-state index contributed by atoms with van der Waals surface area (Å²) in [6.45, 7) is 1.92. The van der Waals surface area contributed by atoms with Crippen LogP contribution in [0.2, 0.25) is 0 Å². The minimum atomic E-state index is -0.245. The predicted molar refractivity (Wildman–Crippen MR) is 70.2 cm³/mol. The molecule has 0 saturated carbocycles. The largest absolute Gasteiger partial charge is 0.399 e. The highest BCUT2D eigenvalue weighted by Crippen LogP contribution is 2.23. The zero-order valence-electron chi connectivity index (χ0n) is 9.89. The highest BCUT2D eigenvalue weighted by atomic mass is 19.1. The van der Waals surface area contributed by atoms with Gasteiger partial charge in [-0.2, -0.15) is 0 Å². The molecule has 3 rings (SSSR count). The number of rotatable bonds is 1. The number of aryl methyl sites for hydroxylation is 1. The Morgan fingerprint density at radius 1 is 1.11 bits per heavy atom. The number of aromatic nitrogens is 2. The van der Waals surface area contributed by atoms with Gasteiger partial charge >= 0.3 is 0 Å². The molecule has 2 aromatic carbocycles. The Kier molecular flexibility index (Phi) is 2.30. The number of hydrogen-bond acceptors (Lipinski definition) is 2. The Morgan fingerprint density at radius 3 is 2.56 bits per heavy atom. The summed E-state index contributed by atoms with van der Waals surface area (Å²) < 4.78 is 14.9. The van der Waals surface area contributed by atoms with Crippen LogP contribution < -0.4 is 5.73 Å². The number of nitrogens with zero attached hydrogens (tertiary/aromatic N) is 2. The molecule has 0 aliphatic carbocycles. The Morgan fingerprint density at radius 2 is 1.83 bits per heavy atom. The quantitative estimate of drug-likeness (QED) is 0.665. The third-order valence-electron chi connectivity index (χ3n) is 2.93. The maximum absolute atomic E-state index is 13.0. The van der Waals surface area contributed by atoms with Crippen molar-refractivity contribution in [2.45, 2.75) is 6.92 Å². The molecule has 0 fully saturated rings. The Bertz CT molecular complexity index is 714. The first-order valence-electron chi connectivity index (χ1n) is 5.66. The summed E-state index contributed by atoms with van der Waals surface area (Å²) in [5, 5.41) is 0. The fourth-order valence-corrected chi connectivity index (χ4v) is 2.13. The van der Waals surface area contributed by atoms with E-state index in [1.54, 1.807) is 12.1 Å². The van der Waals surface area contributed by atoms with Crippen LogP contribution in [0.3, 0.4) is 0 Å². The lowest BCUT2D eigenvalue weighted by atomic mass is 10.2. The van der Waals surface area contributed by atoms with Crippen LogP contribution >= 0.6 is 0 Å². The molecule has 0 unspecified atom stereocenters. The molecule has 18 heavy (non-hydrogen) atoms. The Labute approximate surface area is 104 Å². The van der Waals surface area contributed by atoms with E-state index in [-0.39, 0.29) is 5.82 Å². The average molecular weight is 241 g/mol. The van der Waals surface area contributed by atoms with Crippen LogP contribution in [0.5, 0.6) is 0 Å². The van der Waals surface area contributed by atoms with Gasteiger partial charge in [0.05, 0.1) is 11.0 Å². The first-order valence-corrected chi connectivity index (χ1v) is 5.66. The Balaban J connectivity index is 2.28. The topological polar surface area (TPSA) is 43.8 Å². The zero-order valence-corrected chi connectivity index (χ0v) is 9.89. The minimum absolute atomic E-state index is 0.245. The number of nitrogens with two attached hydrogens (primary N) is 1. The fourth-order valence-electron chi connectivity index (χ4n) is 2.13. The summed E-state index contributed by atoms with van der Waals surface area (Å²) in [5.74, 6) is 0.604. The first-order chi connectivity index (χ1) is 8.65. The summed E-state index contributed by atoms with van der Waals surface area (Å²) in [6.07, 6.45) is 0. The monoisotopic (exact) mass is 241 g/mol. The molecule has 0 atom stereocenters. The SMILES string of the molecule is Cc1nc2cc(N)ccc2n1-c1ccc(F)cc1. The molecule has 0 bridgehead atoms. The number of nitrogen functional groups attached to an aromatic ring is 1. The molecule has 90 valence electrons. The molecule has 0 aliphatic rings. The summed E-state index contributed by atoms with van der Waals surface area (Å²) in [7, 11) is 0. The van der Waals surface area contributed by atoms with Gasteiger partial charge in [0.15, 0.2) is 0 Å². The first kappa shape index (κ1) is 10.8. The maximum atomic E-state index is 13.0. The molecule has 3 aromatic rings. The molecule has 4 heteroatoms. The fraction of sp³-hybridized carbons (Fsp3) is 0.0714. The molecule has 2 N–H and O–H groups in total. The van der Waals surface area contributed by atoms with Crippen molar-refractivity contribution < 1.29 is 4.39 Å². The van der Waals surface area contributed by atoms with E-state index in [4.69, 9.17) is 5.73 Å². The molecule has 0 spiro atoms. The number of anilines is 1. The van der Waals surface area contributed by atoms with Gasteiger partial charge in [0.25, 0.3) is 0 Å². The average Bonchev–Trinajstić information content (AvgIpc) is 2.65. The van der Waals surface area contributed by atoms with E-state index in [9.17, 15) is 4.39 Å². The van der Waals surface area contributed by atoms with Crippen molar-refractivity contribution in [2.75, 3.05) is 5.73 Å². The van der Waals surface area contributed by atoms with Crippen molar-refractivity contribution in [2.24, 2.45) is 0 Å². The van der Waals surface area contributed by atoms with Crippen molar-refractivity contribution >= 4 is 16.7 Å². The van der Waals surface area contributed by atoms with E-state index in [2.05, 4.69) is 4.98 Å². The number of hydrogen-bond donors (Lipinski definition) is 1. The van der Waals surface area contributed by atoms with Crippen molar-refractivity contribution in [3.05, 3.63) is 54.1 Å². The van der Waals surface area contributed by atoms with Crippen molar-refractivity contribution in [3.63, 3.8) is 0 Å². The molecule has 1 heterocycles. The van der Waals surface area contributed by atoms with Gasteiger partial charge in [-0.05, 0) is 49.4 Å². The van der Waals surface area contributed by atoms with E-state index in [0.29, 0.717) is 5.69 Å². The standard InChI is InChI=1S/C14H12FN3/c1-9-17-13-8-11(16)4-7-14(13)18(9)12-5-2-10(15)3-6-12/h2-8H,16H2,1H3. The van der Waals surface area contributed by atoms with Gasteiger partial charge in [-0.15, -0.1) is 0 Å². The number of fused-ring (bicyclic) bond motifs is 1. The highest BCUT2D eigenvalue weighted by Gasteiger charge is 2.09. The smallest absolute Gasteiger partial charge is 0.123 e. The van der Waals surface area contributed by atoms with Gasteiger partial charge in [-0.1, -0.05) is 0 Å². The third kappa shape index (κ3) is 1.62. The number of imidazole rings is 1. The number of halogens is 1. The molecule has 0 aliphatic heterocycles. The normalized spacial score (nSPS) is 11.0. The highest BCUT2D eigenvalue weighted by molar-refractivity contribution is 5.81. The van der Waals surface area contributed by atoms with Gasteiger partial charge in [-0.25, -0.2) is 9.37 Å². The second kappa shape index (κ2) is 3.84. The van der Waals surface area contributed by atoms with E-state index >= 15 is 0 Å². The minimum Gasteiger partial charge on any atom is -0.399 e. The lowest BCUT2D eigenvalue weighted by Gasteiger charge is -2.06. The van der Waals surface area contributed by atoms with Gasteiger partial charge in [-0.3, -0.25) is 4.57 Å². The second-order valence-corrected chi connectivity index (χ2v) is 4.22. The molecular weight excluding hydrogens is 229 g/mol. The van der Waals surface area contributed by atoms with Crippen molar-refractivity contribution in [1.29, 1.82) is 0 Å². The van der Waals surface area contributed by atoms with Gasteiger partial charge in [0, 0.05) is 11.4 Å². The molecular formula is C14H12FN3. The van der Waals surface area contributed by atoms with Crippen LogP contribution in [0.4, 0.5) is 10.1 Å². The molecule has 0 radical (unpaired) electrons. The van der Waals surface area contributed by atoms with Crippen LogP contribution in [0.25, 0.3) is 16.7 Å². The predicted octanol–water partition coefficient (Wildman–Crippen LogP) is 3.06. The maximum Gasteiger partial charge on any atom is 0.123 e. The van der Waals surface area contributed by atoms with Crippen LogP contribution in [0.1, 0.15) is 5.82 Å². The van der Waals surface area contributed by atoms with E-state index in [0.717, 1.165) is 22.5 Å². The van der Waals surface area contributed by atoms with Crippen LogP contribution in [-0.2, 0) is 0 Å². The van der Waals surface area contributed by atoms with Crippen molar-refractivity contribution in [3.8, 4) is 5.69 Å². The summed E-state index contributed by atoms with van der Waals surface area (Å²) in [4.78, 5) is 4.46. The van der Waals surface area contributed by atoms with Crippen LogP contribution in [0.15, 0.2) is 42.5 Å². The van der Waals surface area contributed by atoms with E-state index in [1.165, 1.54) is 12.1 Å². The lowest BCUT2D eigenvalue weighted by Crippen LogP contribution is -1.96. The summed E-state index contributed by atoms with van der Waals surface area (Å²) in [5.41, 5.74) is 9.13.